The maximum absolute atomic E-state index is 13.5. The molecule has 2 aromatic rings. The van der Waals surface area contributed by atoms with Crippen molar-refractivity contribution >= 4 is 23.6 Å². The van der Waals surface area contributed by atoms with E-state index in [2.05, 4.69) is 10.6 Å². The Kier molecular flexibility index (Phi) is 5.68. The molecular weight excluding hydrogens is 427 g/mol. The molecule has 166 valence electrons. The van der Waals surface area contributed by atoms with Crippen LogP contribution in [0.3, 0.4) is 0 Å². The molecule has 2 unspecified atom stereocenters. The predicted octanol–water partition coefficient (Wildman–Crippen LogP) is 2.32. The minimum atomic E-state index is -2.93. The number of hydrogen-bond acceptors (Lipinski definition) is 4. The van der Waals surface area contributed by atoms with Crippen molar-refractivity contribution in [2.24, 2.45) is 0 Å². The summed E-state index contributed by atoms with van der Waals surface area (Å²) in [7, 11) is 0. The highest BCUT2D eigenvalue weighted by molar-refractivity contribution is 6.06. The number of carbonyl (C=O) groups is 4. The normalized spacial score (nSPS) is 19.1. The molecule has 10 heteroatoms. The Morgan fingerprint density at radius 1 is 1.09 bits per heavy atom. The topological polar surface area (TPSA) is 95.6 Å². The molecule has 2 aliphatic heterocycles. The van der Waals surface area contributed by atoms with E-state index in [0.717, 1.165) is 12.1 Å². The fraction of sp³-hybridized carbons (Fsp3) is 0.273. The van der Waals surface area contributed by atoms with E-state index in [4.69, 9.17) is 0 Å². The van der Waals surface area contributed by atoms with Gasteiger partial charge in [-0.15, -0.1) is 0 Å². The lowest BCUT2D eigenvalue weighted by atomic mass is 10.0. The maximum atomic E-state index is 13.5. The molecule has 0 bridgehead atoms. The molecular formula is C22H18F3N3O4. The second kappa shape index (κ2) is 8.45. The largest absolute Gasteiger partial charge is 0.339 e. The van der Waals surface area contributed by atoms with E-state index in [1.54, 1.807) is 0 Å². The first kappa shape index (κ1) is 21.5. The van der Waals surface area contributed by atoms with Crippen molar-refractivity contribution in [2.45, 2.75) is 37.9 Å². The van der Waals surface area contributed by atoms with Crippen molar-refractivity contribution in [3.63, 3.8) is 0 Å². The first-order valence-corrected chi connectivity index (χ1v) is 9.86. The van der Waals surface area contributed by atoms with Crippen LogP contribution in [0.25, 0.3) is 0 Å². The van der Waals surface area contributed by atoms with Gasteiger partial charge in [-0.3, -0.25) is 24.5 Å². The molecule has 2 atom stereocenters. The summed E-state index contributed by atoms with van der Waals surface area (Å²) < 4.78 is 40.2. The Morgan fingerprint density at radius 3 is 2.47 bits per heavy atom. The van der Waals surface area contributed by atoms with Crippen molar-refractivity contribution in [2.75, 3.05) is 0 Å². The number of nitrogens with one attached hydrogen (secondary N) is 2. The Bertz CT molecular complexity index is 1100. The standard InChI is InChI=1S/C22H18F3N3O4/c23-14-4-1-11(2-5-14)18(19(24)25)27-20(30)12-3-6-15-13(9-12)10-28(22(15)32)16-7-8-17(29)26-21(16)31/h1-6,9,16,18-19H,7-8,10H2,(H,27,30)(H,26,29,31). The van der Waals surface area contributed by atoms with Crippen LogP contribution in [0.15, 0.2) is 42.5 Å². The third-order valence-electron chi connectivity index (χ3n) is 5.55. The van der Waals surface area contributed by atoms with Crippen LogP contribution < -0.4 is 10.6 Å². The van der Waals surface area contributed by atoms with E-state index in [1.165, 1.54) is 35.2 Å². The highest BCUT2D eigenvalue weighted by Gasteiger charge is 2.39. The summed E-state index contributed by atoms with van der Waals surface area (Å²) in [6, 6.07) is 6.13. The van der Waals surface area contributed by atoms with Crippen molar-refractivity contribution in [3.05, 3.63) is 70.5 Å². The molecule has 4 rings (SSSR count). The molecule has 2 aromatic carbocycles. The van der Waals surface area contributed by atoms with E-state index < -0.39 is 48.0 Å². The van der Waals surface area contributed by atoms with Gasteiger partial charge in [0.05, 0.1) is 0 Å². The zero-order valence-electron chi connectivity index (χ0n) is 16.6. The number of alkyl halides is 2. The molecule has 4 amide bonds. The van der Waals surface area contributed by atoms with Gasteiger partial charge in [0, 0.05) is 24.1 Å². The van der Waals surface area contributed by atoms with E-state index in [0.29, 0.717) is 11.1 Å². The fourth-order valence-electron chi connectivity index (χ4n) is 3.90. The molecule has 2 N–H and O–H groups in total. The zero-order chi connectivity index (χ0) is 23.0. The molecule has 0 radical (unpaired) electrons. The van der Waals surface area contributed by atoms with Gasteiger partial charge in [-0.2, -0.15) is 0 Å². The third-order valence-corrected chi connectivity index (χ3v) is 5.55. The van der Waals surface area contributed by atoms with Crippen LogP contribution in [0, 0.1) is 5.82 Å². The Balaban J connectivity index is 1.52. The Labute approximate surface area is 180 Å². The van der Waals surface area contributed by atoms with Crippen molar-refractivity contribution in [3.8, 4) is 0 Å². The van der Waals surface area contributed by atoms with Crippen molar-refractivity contribution in [1.82, 2.24) is 15.5 Å². The predicted molar refractivity (Wildman–Crippen MR) is 105 cm³/mol. The number of benzene rings is 2. The van der Waals surface area contributed by atoms with Crippen LogP contribution in [0.5, 0.6) is 0 Å². The number of halogens is 3. The van der Waals surface area contributed by atoms with Gasteiger partial charge in [-0.1, -0.05) is 12.1 Å². The molecule has 0 aromatic heterocycles. The Hall–Kier alpha value is -3.69. The lowest BCUT2D eigenvalue weighted by Crippen LogP contribution is -2.52. The fourth-order valence-corrected chi connectivity index (χ4v) is 3.90. The number of fused-ring (bicyclic) bond motifs is 1. The average molecular weight is 445 g/mol. The molecule has 0 spiro atoms. The van der Waals surface area contributed by atoms with Gasteiger partial charge in [-0.05, 0) is 47.9 Å². The van der Waals surface area contributed by atoms with Crippen LogP contribution in [-0.2, 0) is 16.1 Å². The van der Waals surface area contributed by atoms with Gasteiger partial charge in [0.2, 0.25) is 11.8 Å². The Morgan fingerprint density at radius 2 is 1.81 bits per heavy atom. The minimum absolute atomic E-state index is 0.0510. The molecule has 2 heterocycles. The summed E-state index contributed by atoms with van der Waals surface area (Å²) >= 11 is 0. The lowest BCUT2D eigenvalue weighted by Gasteiger charge is -2.29. The number of imide groups is 1. The molecule has 1 fully saturated rings. The monoisotopic (exact) mass is 445 g/mol. The average Bonchev–Trinajstić information content (AvgIpc) is 3.08. The van der Waals surface area contributed by atoms with Crippen LogP contribution in [0.2, 0.25) is 0 Å². The molecule has 1 saturated heterocycles. The molecule has 2 aliphatic rings. The zero-order valence-corrected chi connectivity index (χ0v) is 16.6. The number of nitrogens with zero attached hydrogens (tertiary/aromatic N) is 1. The highest BCUT2D eigenvalue weighted by Crippen LogP contribution is 2.29. The van der Waals surface area contributed by atoms with E-state index in [-0.39, 0.29) is 30.5 Å². The number of amides is 4. The summed E-state index contributed by atoms with van der Waals surface area (Å²) in [5, 5.41) is 4.45. The van der Waals surface area contributed by atoms with Crippen molar-refractivity contribution < 1.29 is 32.3 Å². The number of hydrogen-bond donors (Lipinski definition) is 2. The quantitative estimate of drug-likeness (QED) is 0.691. The third kappa shape index (κ3) is 4.08. The number of carbonyl (C=O) groups excluding carboxylic acids is 4. The number of rotatable bonds is 5. The van der Waals surface area contributed by atoms with E-state index >= 15 is 0 Å². The molecule has 7 nitrogen and oxygen atoms in total. The second-order valence-corrected chi connectivity index (χ2v) is 7.61. The summed E-state index contributed by atoms with van der Waals surface area (Å²) in [6.07, 6.45) is -2.61. The van der Waals surface area contributed by atoms with Crippen LogP contribution in [0.1, 0.15) is 50.7 Å². The summed E-state index contributed by atoms with van der Waals surface area (Å²) in [4.78, 5) is 50.2. The summed E-state index contributed by atoms with van der Waals surface area (Å²) in [5.74, 6) is -2.73. The van der Waals surface area contributed by atoms with Crippen LogP contribution in [-0.4, -0.2) is 41.0 Å². The van der Waals surface area contributed by atoms with Gasteiger partial charge in [0.15, 0.2) is 0 Å². The first-order chi connectivity index (χ1) is 15.2. The smallest absolute Gasteiger partial charge is 0.262 e. The van der Waals surface area contributed by atoms with Gasteiger partial charge in [0.25, 0.3) is 18.2 Å². The number of piperidine rings is 1. The van der Waals surface area contributed by atoms with Crippen LogP contribution in [0.4, 0.5) is 13.2 Å². The summed E-state index contributed by atoms with van der Waals surface area (Å²) in [5.41, 5.74) is 0.891. The summed E-state index contributed by atoms with van der Waals surface area (Å²) in [6.45, 7) is 0.0534. The highest BCUT2D eigenvalue weighted by atomic mass is 19.3. The molecule has 32 heavy (non-hydrogen) atoms. The van der Waals surface area contributed by atoms with Gasteiger partial charge in [-0.25, -0.2) is 13.2 Å². The first-order valence-electron chi connectivity index (χ1n) is 9.86. The van der Waals surface area contributed by atoms with Gasteiger partial charge in [0.1, 0.15) is 17.9 Å². The van der Waals surface area contributed by atoms with Crippen molar-refractivity contribution in [1.29, 1.82) is 0 Å². The van der Waals surface area contributed by atoms with E-state index in [1.807, 2.05) is 0 Å². The van der Waals surface area contributed by atoms with E-state index in [9.17, 15) is 32.3 Å². The minimum Gasteiger partial charge on any atom is -0.339 e. The molecule has 0 aliphatic carbocycles. The van der Waals surface area contributed by atoms with Gasteiger partial charge < -0.3 is 10.2 Å². The second-order valence-electron chi connectivity index (χ2n) is 7.61. The molecule has 0 saturated carbocycles. The lowest BCUT2D eigenvalue weighted by molar-refractivity contribution is -0.136. The van der Waals surface area contributed by atoms with Crippen LogP contribution >= 0.6 is 0 Å². The maximum Gasteiger partial charge on any atom is 0.262 e. The SMILES string of the molecule is O=C1CCC(N2Cc3cc(C(=O)NC(c4ccc(F)cc4)C(F)F)ccc3C2=O)C(=O)N1. The van der Waals surface area contributed by atoms with Gasteiger partial charge >= 0.3 is 0 Å².